The fraction of sp³-hybridized carbons (Fsp3) is 0.556. The van der Waals surface area contributed by atoms with E-state index in [2.05, 4.69) is 12.2 Å². The Morgan fingerprint density at radius 2 is 1.85 bits per heavy atom. The molecule has 0 atom stereocenters. The molecule has 7 nitrogen and oxygen atoms in total. The first kappa shape index (κ1) is 21.7. The van der Waals surface area contributed by atoms with Crippen molar-refractivity contribution in [3.8, 4) is 0 Å². The van der Waals surface area contributed by atoms with E-state index in [0.717, 1.165) is 18.6 Å². The second-order valence-corrected chi connectivity index (χ2v) is 9.29. The van der Waals surface area contributed by atoms with Crippen molar-refractivity contribution in [2.45, 2.75) is 37.5 Å². The first-order valence-electron chi connectivity index (χ1n) is 9.10. The van der Waals surface area contributed by atoms with Crippen molar-refractivity contribution in [3.05, 3.63) is 24.3 Å². The Labute approximate surface area is 165 Å². The van der Waals surface area contributed by atoms with E-state index in [1.807, 2.05) is 4.90 Å². The normalized spacial score (nSPS) is 15.6. The molecule has 1 aliphatic heterocycles. The molecule has 1 heterocycles. The largest absolute Gasteiger partial charge is 0.342 e. The fourth-order valence-corrected chi connectivity index (χ4v) is 4.37. The van der Waals surface area contributed by atoms with Crippen LogP contribution < -0.4 is 10.5 Å². The van der Waals surface area contributed by atoms with E-state index in [-0.39, 0.29) is 22.6 Å². The van der Waals surface area contributed by atoms with Crippen molar-refractivity contribution >= 4 is 39.3 Å². The van der Waals surface area contributed by atoms with Crippen LogP contribution in [0, 0.1) is 5.92 Å². The number of rotatable bonds is 8. The van der Waals surface area contributed by atoms with Crippen LogP contribution in [0.1, 0.15) is 32.6 Å². The highest BCUT2D eigenvalue weighted by molar-refractivity contribution is 7.99. The highest BCUT2D eigenvalue weighted by Crippen LogP contribution is 2.21. The lowest BCUT2D eigenvalue weighted by atomic mass is 9.96. The van der Waals surface area contributed by atoms with Crippen molar-refractivity contribution in [1.29, 1.82) is 0 Å². The summed E-state index contributed by atoms with van der Waals surface area (Å²) in [5, 5.41) is 7.86. The van der Waals surface area contributed by atoms with Gasteiger partial charge in [0.1, 0.15) is 0 Å². The number of piperidine rings is 1. The summed E-state index contributed by atoms with van der Waals surface area (Å²) in [5.41, 5.74) is 0.526. The number of carbonyl (C=O) groups excluding carboxylic acids is 2. The van der Waals surface area contributed by atoms with Gasteiger partial charge in [-0.15, -0.1) is 0 Å². The summed E-state index contributed by atoms with van der Waals surface area (Å²) in [6, 6.07) is 5.76. The smallest absolute Gasteiger partial charge is 0.238 e. The second kappa shape index (κ2) is 10.1. The van der Waals surface area contributed by atoms with Gasteiger partial charge in [-0.25, -0.2) is 13.6 Å². The SMILES string of the molecule is CCCCSCC(=O)N1CCC(C(=O)Nc2ccc(S(N)(=O)=O)cc2)CC1. The van der Waals surface area contributed by atoms with E-state index in [4.69, 9.17) is 5.14 Å². The third-order valence-electron chi connectivity index (χ3n) is 4.54. The monoisotopic (exact) mass is 413 g/mol. The van der Waals surface area contributed by atoms with Crippen LogP contribution in [0.5, 0.6) is 0 Å². The van der Waals surface area contributed by atoms with Gasteiger partial charge in [0.05, 0.1) is 10.6 Å². The number of anilines is 1. The number of nitrogens with one attached hydrogen (secondary N) is 1. The zero-order valence-electron chi connectivity index (χ0n) is 15.5. The van der Waals surface area contributed by atoms with Crippen LogP contribution in [0.2, 0.25) is 0 Å². The lowest BCUT2D eigenvalue weighted by molar-refractivity contribution is -0.132. The molecule has 3 N–H and O–H groups in total. The summed E-state index contributed by atoms with van der Waals surface area (Å²) in [5.74, 6) is 1.40. The lowest BCUT2D eigenvalue weighted by Crippen LogP contribution is -2.42. The van der Waals surface area contributed by atoms with Crippen molar-refractivity contribution < 1.29 is 18.0 Å². The van der Waals surface area contributed by atoms with E-state index in [1.165, 1.54) is 24.3 Å². The summed E-state index contributed by atoms with van der Waals surface area (Å²) in [4.78, 5) is 26.4. The molecule has 1 aliphatic rings. The molecule has 0 spiro atoms. The van der Waals surface area contributed by atoms with Gasteiger partial charge in [-0.2, -0.15) is 11.8 Å². The van der Waals surface area contributed by atoms with Crippen LogP contribution in [0.25, 0.3) is 0 Å². The molecule has 2 rings (SSSR count). The van der Waals surface area contributed by atoms with Crippen molar-refractivity contribution in [2.75, 3.05) is 29.9 Å². The first-order chi connectivity index (χ1) is 12.8. The van der Waals surface area contributed by atoms with Crippen molar-refractivity contribution in [1.82, 2.24) is 4.90 Å². The predicted molar refractivity (Wildman–Crippen MR) is 108 cm³/mol. The van der Waals surface area contributed by atoms with E-state index >= 15 is 0 Å². The molecule has 0 radical (unpaired) electrons. The Hall–Kier alpha value is -1.58. The third kappa shape index (κ3) is 6.82. The minimum Gasteiger partial charge on any atom is -0.342 e. The number of amides is 2. The minimum absolute atomic E-state index is 0.00382. The maximum Gasteiger partial charge on any atom is 0.238 e. The zero-order valence-corrected chi connectivity index (χ0v) is 17.2. The van der Waals surface area contributed by atoms with Gasteiger partial charge < -0.3 is 10.2 Å². The van der Waals surface area contributed by atoms with Gasteiger partial charge >= 0.3 is 0 Å². The van der Waals surface area contributed by atoms with Gasteiger partial charge in [-0.05, 0) is 49.3 Å². The van der Waals surface area contributed by atoms with E-state index in [9.17, 15) is 18.0 Å². The highest BCUT2D eigenvalue weighted by atomic mass is 32.2. The summed E-state index contributed by atoms with van der Waals surface area (Å²) in [6.07, 6.45) is 3.52. The fourth-order valence-electron chi connectivity index (χ4n) is 2.86. The van der Waals surface area contributed by atoms with Crippen LogP contribution in [0.4, 0.5) is 5.69 Å². The zero-order chi connectivity index (χ0) is 19.9. The number of unbranched alkanes of at least 4 members (excludes halogenated alkanes) is 1. The molecule has 0 aliphatic carbocycles. The topological polar surface area (TPSA) is 110 Å². The van der Waals surface area contributed by atoms with Crippen LogP contribution >= 0.6 is 11.8 Å². The Kier molecular flexibility index (Phi) is 8.12. The number of thioether (sulfide) groups is 1. The Balaban J connectivity index is 1.78. The average Bonchev–Trinajstić information content (AvgIpc) is 2.65. The molecule has 0 saturated carbocycles. The molecule has 150 valence electrons. The standard InChI is InChI=1S/C18H27N3O4S2/c1-2-3-12-26-13-17(22)21-10-8-14(9-11-21)18(23)20-15-4-6-16(7-5-15)27(19,24)25/h4-7,14H,2-3,8-13H2,1H3,(H,20,23)(H2,19,24,25). The van der Waals surface area contributed by atoms with Crippen LogP contribution in [0.15, 0.2) is 29.2 Å². The number of primary sulfonamides is 1. The minimum atomic E-state index is -3.74. The second-order valence-electron chi connectivity index (χ2n) is 6.62. The molecule has 1 saturated heterocycles. The third-order valence-corrected chi connectivity index (χ3v) is 6.49. The van der Waals surface area contributed by atoms with Gasteiger partial charge in [0.25, 0.3) is 0 Å². The predicted octanol–water partition coefficient (Wildman–Crippen LogP) is 2.04. The summed E-state index contributed by atoms with van der Waals surface area (Å²) in [7, 11) is -3.74. The molecule has 1 aromatic carbocycles. The summed E-state index contributed by atoms with van der Waals surface area (Å²) < 4.78 is 22.5. The quantitative estimate of drug-likeness (QED) is 0.634. The molecule has 9 heteroatoms. The Bertz CT molecular complexity index is 742. The number of hydrogen-bond acceptors (Lipinski definition) is 5. The number of nitrogens with two attached hydrogens (primary N) is 1. The summed E-state index contributed by atoms with van der Waals surface area (Å²) in [6.45, 7) is 3.32. The van der Waals surface area contributed by atoms with Crippen molar-refractivity contribution in [3.63, 3.8) is 0 Å². The van der Waals surface area contributed by atoms with Crippen LogP contribution in [-0.4, -0.2) is 49.7 Å². The average molecular weight is 414 g/mol. The number of benzene rings is 1. The molecular formula is C18H27N3O4S2. The van der Waals surface area contributed by atoms with Crippen molar-refractivity contribution in [2.24, 2.45) is 11.1 Å². The molecule has 0 unspecified atom stereocenters. The Morgan fingerprint density at radius 1 is 1.22 bits per heavy atom. The molecular weight excluding hydrogens is 386 g/mol. The van der Waals surface area contributed by atoms with Crippen LogP contribution in [-0.2, 0) is 19.6 Å². The van der Waals surface area contributed by atoms with Gasteiger partial charge in [-0.3, -0.25) is 9.59 Å². The first-order valence-corrected chi connectivity index (χ1v) is 11.8. The number of likely N-dealkylation sites (tertiary alicyclic amines) is 1. The maximum absolute atomic E-state index is 12.4. The maximum atomic E-state index is 12.4. The molecule has 0 bridgehead atoms. The number of sulfonamides is 1. The molecule has 1 aromatic rings. The number of hydrogen-bond donors (Lipinski definition) is 2. The highest BCUT2D eigenvalue weighted by Gasteiger charge is 2.27. The van der Waals surface area contributed by atoms with Gasteiger partial charge in [0, 0.05) is 24.7 Å². The van der Waals surface area contributed by atoms with E-state index in [0.29, 0.717) is 37.4 Å². The number of carbonyl (C=O) groups is 2. The molecule has 27 heavy (non-hydrogen) atoms. The molecule has 0 aromatic heterocycles. The van der Waals surface area contributed by atoms with Gasteiger partial charge in [0.2, 0.25) is 21.8 Å². The molecule has 2 amide bonds. The van der Waals surface area contributed by atoms with E-state index < -0.39 is 10.0 Å². The number of nitrogens with zero attached hydrogens (tertiary/aromatic N) is 1. The van der Waals surface area contributed by atoms with Crippen LogP contribution in [0.3, 0.4) is 0 Å². The lowest BCUT2D eigenvalue weighted by Gasteiger charge is -2.31. The van der Waals surface area contributed by atoms with Gasteiger partial charge in [-0.1, -0.05) is 13.3 Å². The molecule has 1 fully saturated rings. The summed E-state index contributed by atoms with van der Waals surface area (Å²) >= 11 is 1.67. The Morgan fingerprint density at radius 3 is 2.41 bits per heavy atom. The van der Waals surface area contributed by atoms with E-state index in [1.54, 1.807) is 11.8 Å². The van der Waals surface area contributed by atoms with Gasteiger partial charge in [0.15, 0.2) is 0 Å².